The van der Waals surface area contributed by atoms with Crippen molar-refractivity contribution in [1.29, 1.82) is 5.26 Å². The van der Waals surface area contributed by atoms with Crippen LogP contribution < -0.4 is 10.6 Å². The maximum atomic E-state index is 12.4. The Morgan fingerprint density at radius 1 is 1.22 bits per heavy atom. The predicted molar refractivity (Wildman–Crippen MR) is 112 cm³/mol. The van der Waals surface area contributed by atoms with Gasteiger partial charge in [0.2, 0.25) is 0 Å². The van der Waals surface area contributed by atoms with Gasteiger partial charge in [-0.15, -0.1) is 0 Å². The minimum Gasteiger partial charge on any atom is -0.462 e. The van der Waals surface area contributed by atoms with Crippen molar-refractivity contribution in [2.45, 2.75) is 13.8 Å². The van der Waals surface area contributed by atoms with E-state index in [0.29, 0.717) is 16.9 Å². The van der Waals surface area contributed by atoms with E-state index in [1.807, 2.05) is 25.1 Å². The van der Waals surface area contributed by atoms with E-state index in [4.69, 9.17) is 4.74 Å². The molecule has 1 amide bonds. The van der Waals surface area contributed by atoms with Crippen molar-refractivity contribution < 1.29 is 14.3 Å². The molecule has 0 aliphatic carbocycles. The number of ether oxygens (including phenoxy) is 1. The zero-order valence-corrected chi connectivity index (χ0v) is 17.0. The highest BCUT2D eigenvalue weighted by molar-refractivity contribution is 14.1. The van der Waals surface area contributed by atoms with E-state index in [-0.39, 0.29) is 12.2 Å². The van der Waals surface area contributed by atoms with Crippen molar-refractivity contribution >= 4 is 45.8 Å². The lowest BCUT2D eigenvalue weighted by molar-refractivity contribution is -0.112. The van der Waals surface area contributed by atoms with Gasteiger partial charge in [-0.3, -0.25) is 4.79 Å². The van der Waals surface area contributed by atoms with Crippen molar-refractivity contribution in [3.8, 4) is 6.07 Å². The number of benzene rings is 2. The predicted octanol–water partition coefficient (Wildman–Crippen LogP) is 4.23. The van der Waals surface area contributed by atoms with Crippen molar-refractivity contribution in [3.63, 3.8) is 0 Å². The second-order valence-corrected chi connectivity index (χ2v) is 6.74. The summed E-state index contributed by atoms with van der Waals surface area (Å²) in [4.78, 5) is 24.4. The van der Waals surface area contributed by atoms with Gasteiger partial charge in [0.05, 0.1) is 17.9 Å². The summed E-state index contributed by atoms with van der Waals surface area (Å²) in [6.45, 7) is 3.85. The number of para-hydroxylation sites is 1. The molecule has 0 unspecified atom stereocenters. The third kappa shape index (κ3) is 5.56. The number of amides is 1. The van der Waals surface area contributed by atoms with Crippen molar-refractivity contribution in [3.05, 3.63) is 68.9 Å². The van der Waals surface area contributed by atoms with Gasteiger partial charge in [0.15, 0.2) is 0 Å². The number of hydrogen-bond donors (Lipinski definition) is 2. The summed E-state index contributed by atoms with van der Waals surface area (Å²) < 4.78 is 6.06. The standard InChI is InChI=1S/C20H18IN3O3/c1-3-27-20(26)16-6-4-5-7-18(16)23-12-14(11-22)19(25)24-17-9-8-15(21)10-13(17)2/h4-10,12,23H,3H2,1-2H3,(H,24,25)/b14-12-. The topological polar surface area (TPSA) is 91.2 Å². The Morgan fingerprint density at radius 3 is 2.63 bits per heavy atom. The van der Waals surface area contributed by atoms with E-state index in [1.54, 1.807) is 37.3 Å². The summed E-state index contributed by atoms with van der Waals surface area (Å²) in [6.07, 6.45) is 1.27. The van der Waals surface area contributed by atoms with E-state index >= 15 is 0 Å². The number of anilines is 2. The highest BCUT2D eigenvalue weighted by Gasteiger charge is 2.13. The van der Waals surface area contributed by atoms with Gasteiger partial charge in [0, 0.05) is 15.5 Å². The number of aryl methyl sites for hydroxylation is 1. The first-order chi connectivity index (χ1) is 13.0. The first-order valence-corrected chi connectivity index (χ1v) is 9.24. The summed E-state index contributed by atoms with van der Waals surface area (Å²) in [5.41, 5.74) is 2.18. The zero-order chi connectivity index (χ0) is 19.8. The van der Waals surface area contributed by atoms with Crippen LogP contribution in [0.3, 0.4) is 0 Å². The monoisotopic (exact) mass is 475 g/mol. The molecule has 0 heterocycles. The molecule has 0 bridgehead atoms. The maximum Gasteiger partial charge on any atom is 0.340 e. The lowest BCUT2D eigenvalue weighted by Gasteiger charge is -2.10. The van der Waals surface area contributed by atoms with Crippen LogP contribution >= 0.6 is 22.6 Å². The zero-order valence-electron chi connectivity index (χ0n) is 14.9. The maximum absolute atomic E-state index is 12.4. The highest BCUT2D eigenvalue weighted by atomic mass is 127. The molecule has 138 valence electrons. The minimum atomic E-state index is -0.539. The molecule has 2 aromatic carbocycles. The highest BCUT2D eigenvalue weighted by Crippen LogP contribution is 2.19. The average molecular weight is 475 g/mol. The molecule has 0 saturated heterocycles. The van der Waals surface area contributed by atoms with Crippen LogP contribution in [0.4, 0.5) is 11.4 Å². The molecule has 0 fully saturated rings. The number of carbonyl (C=O) groups is 2. The van der Waals surface area contributed by atoms with E-state index in [1.165, 1.54) is 6.20 Å². The quantitative estimate of drug-likeness (QED) is 0.283. The molecule has 0 aromatic heterocycles. The second-order valence-electron chi connectivity index (χ2n) is 5.49. The largest absolute Gasteiger partial charge is 0.462 e. The smallest absolute Gasteiger partial charge is 0.340 e. The van der Waals surface area contributed by atoms with Crippen LogP contribution in [0.15, 0.2) is 54.2 Å². The SMILES string of the molecule is CCOC(=O)c1ccccc1N/C=C(/C#N)C(=O)Nc1ccc(I)cc1C. The molecule has 0 saturated carbocycles. The third-order valence-electron chi connectivity index (χ3n) is 3.60. The van der Waals surface area contributed by atoms with Crippen molar-refractivity contribution in [2.75, 3.05) is 17.2 Å². The van der Waals surface area contributed by atoms with Crippen LogP contribution in [0.25, 0.3) is 0 Å². The summed E-state index contributed by atoms with van der Waals surface area (Å²) in [7, 11) is 0. The molecule has 0 spiro atoms. The van der Waals surface area contributed by atoms with Crippen LogP contribution in [0.5, 0.6) is 0 Å². The fourth-order valence-electron chi connectivity index (χ4n) is 2.25. The van der Waals surface area contributed by atoms with Crippen LogP contribution in [0.2, 0.25) is 0 Å². The summed E-state index contributed by atoms with van der Waals surface area (Å²) in [5.74, 6) is -1.02. The Balaban J connectivity index is 2.18. The lowest BCUT2D eigenvalue weighted by atomic mass is 10.1. The van der Waals surface area contributed by atoms with Gasteiger partial charge in [-0.2, -0.15) is 5.26 Å². The molecule has 0 radical (unpaired) electrons. The molecule has 2 rings (SSSR count). The fraction of sp³-hybridized carbons (Fsp3) is 0.150. The Morgan fingerprint density at radius 2 is 1.96 bits per heavy atom. The van der Waals surface area contributed by atoms with Gasteiger partial charge in [0.1, 0.15) is 11.6 Å². The molecule has 2 aromatic rings. The first kappa shape index (κ1) is 20.5. The molecule has 0 aliphatic heterocycles. The van der Waals surface area contributed by atoms with Crippen LogP contribution in [-0.2, 0) is 9.53 Å². The third-order valence-corrected chi connectivity index (χ3v) is 4.27. The Bertz CT molecular complexity index is 932. The second kappa shape index (κ2) is 9.73. The lowest BCUT2D eigenvalue weighted by Crippen LogP contribution is -2.15. The van der Waals surface area contributed by atoms with Crippen LogP contribution in [0, 0.1) is 21.8 Å². The Hall–Kier alpha value is -2.86. The number of nitriles is 1. The fourth-order valence-corrected chi connectivity index (χ4v) is 2.90. The molecule has 0 atom stereocenters. The molecular weight excluding hydrogens is 457 g/mol. The summed E-state index contributed by atoms with van der Waals surface area (Å²) in [6, 6.07) is 14.2. The van der Waals surface area contributed by atoms with E-state index in [9.17, 15) is 14.9 Å². The van der Waals surface area contributed by atoms with E-state index in [0.717, 1.165) is 9.13 Å². The Kier molecular flexibility index (Phi) is 7.37. The molecule has 6 nitrogen and oxygen atoms in total. The number of carbonyl (C=O) groups excluding carboxylic acids is 2. The van der Waals surface area contributed by atoms with Gasteiger partial charge >= 0.3 is 5.97 Å². The first-order valence-electron chi connectivity index (χ1n) is 8.16. The molecule has 0 aliphatic rings. The number of halogens is 1. The molecule has 2 N–H and O–H groups in total. The molecular formula is C20H18IN3O3. The number of nitrogens with zero attached hydrogens (tertiary/aromatic N) is 1. The number of esters is 1. The van der Waals surface area contributed by atoms with Gasteiger partial charge in [0.25, 0.3) is 5.91 Å². The van der Waals surface area contributed by atoms with Crippen LogP contribution in [0.1, 0.15) is 22.8 Å². The minimum absolute atomic E-state index is 0.119. The normalized spacial score (nSPS) is 10.7. The van der Waals surface area contributed by atoms with E-state index < -0.39 is 11.9 Å². The molecule has 7 heteroatoms. The van der Waals surface area contributed by atoms with Gasteiger partial charge in [-0.05, 0) is 72.3 Å². The van der Waals surface area contributed by atoms with E-state index in [2.05, 4.69) is 33.2 Å². The van der Waals surface area contributed by atoms with Crippen LogP contribution in [-0.4, -0.2) is 18.5 Å². The van der Waals surface area contributed by atoms with Gasteiger partial charge in [-0.25, -0.2) is 4.79 Å². The average Bonchev–Trinajstić information content (AvgIpc) is 2.65. The number of nitrogens with one attached hydrogen (secondary N) is 2. The number of hydrogen-bond acceptors (Lipinski definition) is 5. The number of rotatable bonds is 6. The van der Waals surface area contributed by atoms with Crippen molar-refractivity contribution in [1.82, 2.24) is 0 Å². The van der Waals surface area contributed by atoms with Gasteiger partial charge < -0.3 is 15.4 Å². The van der Waals surface area contributed by atoms with Gasteiger partial charge in [-0.1, -0.05) is 12.1 Å². The van der Waals surface area contributed by atoms with Crippen molar-refractivity contribution in [2.24, 2.45) is 0 Å². The summed E-state index contributed by atoms with van der Waals surface area (Å²) in [5, 5.41) is 14.9. The summed E-state index contributed by atoms with van der Waals surface area (Å²) >= 11 is 2.19. The Labute approximate surface area is 171 Å². The molecule has 27 heavy (non-hydrogen) atoms.